The number of amides is 1. The standard InChI is InChI=1S/C15H18F3NO2/c1-2-14(20)19-9-7-12(8-10-19)11-3-5-13(6-4-11)21-15(16,17)18/h3-6,12H,2,7-10H2,1H3. The molecule has 1 aromatic carbocycles. The summed E-state index contributed by atoms with van der Waals surface area (Å²) in [5.74, 6) is 0.234. The zero-order chi connectivity index (χ0) is 15.5. The summed E-state index contributed by atoms with van der Waals surface area (Å²) in [6.45, 7) is 3.25. The van der Waals surface area contributed by atoms with Gasteiger partial charge in [-0.1, -0.05) is 19.1 Å². The van der Waals surface area contributed by atoms with Gasteiger partial charge in [-0.3, -0.25) is 4.79 Å². The maximum Gasteiger partial charge on any atom is 0.573 e. The molecule has 6 heteroatoms. The van der Waals surface area contributed by atoms with E-state index >= 15 is 0 Å². The van der Waals surface area contributed by atoms with E-state index in [1.165, 1.54) is 12.1 Å². The number of halogens is 3. The number of piperidine rings is 1. The maximum atomic E-state index is 12.1. The highest BCUT2D eigenvalue weighted by molar-refractivity contribution is 5.75. The van der Waals surface area contributed by atoms with E-state index in [4.69, 9.17) is 0 Å². The summed E-state index contributed by atoms with van der Waals surface area (Å²) in [4.78, 5) is 13.4. The first-order chi connectivity index (χ1) is 9.89. The van der Waals surface area contributed by atoms with Crippen molar-refractivity contribution in [3.8, 4) is 5.75 Å². The van der Waals surface area contributed by atoms with Crippen LogP contribution >= 0.6 is 0 Å². The Balaban J connectivity index is 1.93. The minimum atomic E-state index is -4.66. The van der Waals surface area contributed by atoms with Crippen molar-refractivity contribution in [1.29, 1.82) is 0 Å². The Morgan fingerprint density at radius 3 is 2.29 bits per heavy atom. The van der Waals surface area contributed by atoms with Crippen molar-refractivity contribution in [2.75, 3.05) is 13.1 Å². The fourth-order valence-electron chi connectivity index (χ4n) is 2.63. The maximum absolute atomic E-state index is 12.1. The van der Waals surface area contributed by atoms with Gasteiger partial charge in [0.2, 0.25) is 5.91 Å². The van der Waals surface area contributed by atoms with Gasteiger partial charge in [0.15, 0.2) is 0 Å². The Morgan fingerprint density at radius 1 is 1.24 bits per heavy atom. The van der Waals surface area contributed by atoms with Gasteiger partial charge < -0.3 is 9.64 Å². The Labute approximate surface area is 121 Å². The van der Waals surface area contributed by atoms with Crippen molar-refractivity contribution in [2.45, 2.75) is 38.5 Å². The van der Waals surface area contributed by atoms with Gasteiger partial charge in [0.05, 0.1) is 0 Å². The van der Waals surface area contributed by atoms with Crippen LogP contribution in [0.5, 0.6) is 5.75 Å². The van der Waals surface area contributed by atoms with Crippen LogP contribution in [0.25, 0.3) is 0 Å². The van der Waals surface area contributed by atoms with Gasteiger partial charge in [0, 0.05) is 19.5 Å². The molecule has 0 unspecified atom stereocenters. The van der Waals surface area contributed by atoms with Gasteiger partial charge >= 0.3 is 6.36 Å². The van der Waals surface area contributed by atoms with Crippen molar-refractivity contribution in [1.82, 2.24) is 4.90 Å². The number of nitrogens with zero attached hydrogens (tertiary/aromatic N) is 1. The second-order valence-corrected chi connectivity index (χ2v) is 5.13. The molecule has 2 rings (SSSR count). The third kappa shape index (κ3) is 4.37. The topological polar surface area (TPSA) is 29.5 Å². The normalized spacial score (nSPS) is 16.9. The second kappa shape index (κ2) is 6.37. The van der Waals surface area contributed by atoms with E-state index in [0.29, 0.717) is 19.5 Å². The van der Waals surface area contributed by atoms with Crippen molar-refractivity contribution < 1.29 is 22.7 Å². The molecule has 116 valence electrons. The summed E-state index contributed by atoms with van der Waals surface area (Å²) >= 11 is 0. The fraction of sp³-hybridized carbons (Fsp3) is 0.533. The molecule has 1 aromatic rings. The number of rotatable bonds is 3. The molecule has 0 saturated carbocycles. The predicted octanol–water partition coefficient (Wildman–Crippen LogP) is 3.70. The third-order valence-corrected chi connectivity index (χ3v) is 3.74. The van der Waals surface area contributed by atoms with E-state index in [2.05, 4.69) is 4.74 Å². The van der Waals surface area contributed by atoms with Crippen LogP contribution in [0.2, 0.25) is 0 Å². The van der Waals surface area contributed by atoms with E-state index in [-0.39, 0.29) is 17.6 Å². The van der Waals surface area contributed by atoms with Crippen LogP contribution in [0.1, 0.15) is 37.7 Å². The lowest BCUT2D eigenvalue weighted by atomic mass is 9.89. The summed E-state index contributed by atoms with van der Waals surface area (Å²) in [5, 5.41) is 0. The number of alkyl halides is 3. The first-order valence-electron chi connectivity index (χ1n) is 7.02. The number of carbonyl (C=O) groups is 1. The molecule has 0 aliphatic carbocycles. The Bertz CT molecular complexity index is 477. The molecule has 0 aromatic heterocycles. The van der Waals surface area contributed by atoms with Gasteiger partial charge in [0.1, 0.15) is 5.75 Å². The smallest absolute Gasteiger partial charge is 0.406 e. The van der Waals surface area contributed by atoms with Crippen molar-refractivity contribution in [2.24, 2.45) is 0 Å². The van der Waals surface area contributed by atoms with Crippen LogP contribution in [0.15, 0.2) is 24.3 Å². The van der Waals surface area contributed by atoms with E-state index in [9.17, 15) is 18.0 Å². The molecule has 21 heavy (non-hydrogen) atoms. The number of hydrogen-bond donors (Lipinski definition) is 0. The van der Waals surface area contributed by atoms with Gasteiger partial charge in [-0.25, -0.2) is 0 Å². The zero-order valence-electron chi connectivity index (χ0n) is 11.8. The Morgan fingerprint density at radius 2 is 1.81 bits per heavy atom. The highest BCUT2D eigenvalue weighted by Gasteiger charge is 2.31. The number of likely N-dealkylation sites (tertiary alicyclic amines) is 1. The van der Waals surface area contributed by atoms with E-state index in [1.54, 1.807) is 12.1 Å². The monoisotopic (exact) mass is 301 g/mol. The van der Waals surface area contributed by atoms with E-state index in [0.717, 1.165) is 18.4 Å². The first kappa shape index (κ1) is 15.7. The van der Waals surface area contributed by atoms with Crippen LogP contribution in [0, 0.1) is 0 Å². The number of benzene rings is 1. The third-order valence-electron chi connectivity index (χ3n) is 3.74. The van der Waals surface area contributed by atoms with Crippen LogP contribution in [-0.4, -0.2) is 30.3 Å². The zero-order valence-corrected chi connectivity index (χ0v) is 11.8. The lowest BCUT2D eigenvalue weighted by molar-refractivity contribution is -0.274. The van der Waals surface area contributed by atoms with Crippen molar-refractivity contribution in [3.63, 3.8) is 0 Å². The minimum absolute atomic E-state index is 0.155. The van der Waals surface area contributed by atoms with E-state index < -0.39 is 6.36 Å². The average molecular weight is 301 g/mol. The highest BCUT2D eigenvalue weighted by atomic mass is 19.4. The molecule has 3 nitrogen and oxygen atoms in total. The highest BCUT2D eigenvalue weighted by Crippen LogP contribution is 2.30. The molecular weight excluding hydrogens is 283 g/mol. The van der Waals surface area contributed by atoms with Crippen LogP contribution in [0.4, 0.5) is 13.2 Å². The molecule has 1 saturated heterocycles. The largest absolute Gasteiger partial charge is 0.573 e. The average Bonchev–Trinajstić information content (AvgIpc) is 2.46. The summed E-state index contributed by atoms with van der Waals surface area (Å²) in [6.07, 6.45) is -2.47. The van der Waals surface area contributed by atoms with Crippen LogP contribution in [-0.2, 0) is 4.79 Å². The van der Waals surface area contributed by atoms with Gasteiger partial charge in [-0.2, -0.15) is 0 Å². The van der Waals surface area contributed by atoms with Gasteiger partial charge in [-0.05, 0) is 36.5 Å². The predicted molar refractivity (Wildman–Crippen MR) is 72.0 cm³/mol. The molecule has 1 aliphatic heterocycles. The molecule has 0 atom stereocenters. The molecule has 1 heterocycles. The Kier molecular flexibility index (Phi) is 4.75. The second-order valence-electron chi connectivity index (χ2n) is 5.13. The molecular formula is C15H18F3NO2. The van der Waals surface area contributed by atoms with Crippen LogP contribution in [0.3, 0.4) is 0 Å². The summed E-state index contributed by atoms with van der Waals surface area (Å²) in [7, 11) is 0. The van der Waals surface area contributed by atoms with Gasteiger partial charge in [-0.15, -0.1) is 13.2 Å². The SMILES string of the molecule is CCC(=O)N1CCC(c2ccc(OC(F)(F)F)cc2)CC1. The number of carbonyl (C=O) groups excluding carboxylic acids is 1. The van der Waals surface area contributed by atoms with Crippen LogP contribution < -0.4 is 4.74 Å². The minimum Gasteiger partial charge on any atom is -0.406 e. The number of ether oxygens (including phenoxy) is 1. The van der Waals surface area contributed by atoms with Gasteiger partial charge in [0.25, 0.3) is 0 Å². The summed E-state index contributed by atoms with van der Waals surface area (Å²) in [5.41, 5.74) is 0.994. The number of hydrogen-bond acceptors (Lipinski definition) is 2. The quantitative estimate of drug-likeness (QED) is 0.852. The summed E-state index contributed by atoms with van der Waals surface area (Å²) in [6, 6.07) is 6.02. The Hall–Kier alpha value is -1.72. The van der Waals surface area contributed by atoms with Crippen molar-refractivity contribution in [3.05, 3.63) is 29.8 Å². The summed E-state index contributed by atoms with van der Waals surface area (Å²) < 4.78 is 40.1. The first-order valence-corrected chi connectivity index (χ1v) is 7.02. The molecule has 0 radical (unpaired) electrons. The van der Waals surface area contributed by atoms with E-state index in [1.807, 2.05) is 11.8 Å². The van der Waals surface area contributed by atoms with Crippen molar-refractivity contribution >= 4 is 5.91 Å². The molecule has 0 N–H and O–H groups in total. The molecule has 1 fully saturated rings. The molecule has 0 bridgehead atoms. The molecule has 1 aliphatic rings. The fourth-order valence-corrected chi connectivity index (χ4v) is 2.63. The lowest BCUT2D eigenvalue weighted by Gasteiger charge is -2.32. The lowest BCUT2D eigenvalue weighted by Crippen LogP contribution is -2.37. The molecule has 1 amide bonds. The molecule has 0 spiro atoms.